The number of carbonyl (C=O) groups is 3. The van der Waals surface area contributed by atoms with E-state index >= 15 is 0 Å². The van der Waals surface area contributed by atoms with Gasteiger partial charge in [0.25, 0.3) is 5.91 Å². The zero-order chi connectivity index (χ0) is 13.0. The van der Waals surface area contributed by atoms with E-state index in [1.807, 2.05) is 0 Å². The van der Waals surface area contributed by atoms with E-state index in [2.05, 4.69) is 5.32 Å². The molecule has 1 rings (SSSR count). The second-order valence-corrected chi connectivity index (χ2v) is 4.21. The zero-order valence-corrected chi connectivity index (χ0v) is 9.62. The lowest BCUT2D eigenvalue weighted by atomic mass is 10.2. The summed E-state index contributed by atoms with van der Waals surface area (Å²) < 4.78 is 0. The van der Waals surface area contributed by atoms with E-state index in [1.165, 1.54) is 6.07 Å². The molecule has 0 saturated heterocycles. The Labute approximate surface area is 101 Å². The zero-order valence-electron chi connectivity index (χ0n) is 8.80. The standard InChI is InChI=1S/C9H12N4O3S/c10-5(3-6(11)14)8(16)13-9-4(7(12)15)1-2-17-9/h1-2,5H,3,10H2,(H2,11,14)(H2,12,15)(H,13,16). The lowest BCUT2D eigenvalue weighted by Crippen LogP contribution is -2.39. The van der Waals surface area contributed by atoms with Crippen molar-refractivity contribution in [1.29, 1.82) is 0 Å². The van der Waals surface area contributed by atoms with E-state index in [0.29, 0.717) is 5.00 Å². The smallest absolute Gasteiger partial charge is 0.251 e. The number of hydrogen-bond acceptors (Lipinski definition) is 5. The van der Waals surface area contributed by atoms with Gasteiger partial charge >= 0.3 is 0 Å². The predicted octanol–water partition coefficient (Wildman–Crippen LogP) is -1.01. The van der Waals surface area contributed by atoms with Crippen molar-refractivity contribution in [3.63, 3.8) is 0 Å². The van der Waals surface area contributed by atoms with Gasteiger partial charge in [-0.05, 0) is 11.4 Å². The number of carbonyl (C=O) groups excluding carboxylic acids is 3. The lowest BCUT2D eigenvalue weighted by molar-refractivity contribution is -0.123. The topological polar surface area (TPSA) is 141 Å². The van der Waals surface area contributed by atoms with Crippen LogP contribution < -0.4 is 22.5 Å². The van der Waals surface area contributed by atoms with Crippen LogP contribution in [0.1, 0.15) is 16.8 Å². The van der Waals surface area contributed by atoms with Crippen LogP contribution in [0, 0.1) is 0 Å². The molecule has 0 fully saturated rings. The first-order valence-corrected chi connectivity index (χ1v) is 5.52. The van der Waals surface area contributed by atoms with Gasteiger partial charge in [0.15, 0.2) is 0 Å². The number of anilines is 1. The van der Waals surface area contributed by atoms with Crippen LogP contribution in [0.4, 0.5) is 5.00 Å². The van der Waals surface area contributed by atoms with Gasteiger partial charge in [0.1, 0.15) is 5.00 Å². The molecule has 0 aliphatic heterocycles. The maximum atomic E-state index is 11.5. The molecule has 0 radical (unpaired) electrons. The number of nitrogens with two attached hydrogens (primary N) is 3. The maximum absolute atomic E-state index is 11.5. The van der Waals surface area contributed by atoms with Crippen LogP contribution in [0.3, 0.4) is 0 Å². The molecule has 1 unspecified atom stereocenters. The number of nitrogens with one attached hydrogen (secondary N) is 1. The fourth-order valence-electron chi connectivity index (χ4n) is 1.11. The van der Waals surface area contributed by atoms with Crippen molar-refractivity contribution in [1.82, 2.24) is 0 Å². The Morgan fingerprint density at radius 3 is 2.53 bits per heavy atom. The first-order chi connectivity index (χ1) is 7.91. The van der Waals surface area contributed by atoms with Crippen molar-refractivity contribution >= 4 is 34.1 Å². The fourth-order valence-corrected chi connectivity index (χ4v) is 1.91. The second kappa shape index (κ2) is 5.41. The van der Waals surface area contributed by atoms with E-state index in [4.69, 9.17) is 17.2 Å². The highest BCUT2D eigenvalue weighted by Gasteiger charge is 2.19. The van der Waals surface area contributed by atoms with Crippen LogP contribution in [0.15, 0.2) is 11.4 Å². The monoisotopic (exact) mass is 256 g/mol. The highest BCUT2D eigenvalue weighted by Crippen LogP contribution is 2.22. The first-order valence-electron chi connectivity index (χ1n) is 4.64. The van der Waals surface area contributed by atoms with Crippen molar-refractivity contribution in [2.45, 2.75) is 12.5 Å². The summed E-state index contributed by atoms with van der Waals surface area (Å²) in [5.41, 5.74) is 15.7. The average molecular weight is 256 g/mol. The minimum absolute atomic E-state index is 0.203. The Morgan fingerprint density at radius 1 is 1.35 bits per heavy atom. The Morgan fingerprint density at radius 2 is 2.00 bits per heavy atom. The van der Waals surface area contributed by atoms with Crippen LogP contribution in [0.2, 0.25) is 0 Å². The van der Waals surface area contributed by atoms with Crippen molar-refractivity contribution in [2.75, 3.05) is 5.32 Å². The molecular formula is C9H12N4O3S. The molecule has 0 aliphatic carbocycles. The number of amides is 3. The molecular weight excluding hydrogens is 244 g/mol. The Bertz CT molecular complexity index is 457. The first kappa shape index (κ1) is 13.1. The average Bonchev–Trinajstić information content (AvgIpc) is 2.64. The molecule has 1 aromatic heterocycles. The molecule has 0 aromatic carbocycles. The summed E-state index contributed by atoms with van der Waals surface area (Å²) in [5, 5.41) is 4.34. The summed E-state index contributed by atoms with van der Waals surface area (Å²) in [5.74, 6) is -1.91. The number of rotatable bonds is 5. The lowest BCUT2D eigenvalue weighted by Gasteiger charge is -2.09. The summed E-state index contributed by atoms with van der Waals surface area (Å²) in [6.07, 6.45) is -0.261. The van der Waals surface area contributed by atoms with Gasteiger partial charge in [-0.1, -0.05) is 0 Å². The molecule has 17 heavy (non-hydrogen) atoms. The molecule has 0 spiro atoms. The van der Waals surface area contributed by atoms with Gasteiger partial charge in [-0.25, -0.2) is 0 Å². The van der Waals surface area contributed by atoms with E-state index < -0.39 is 23.8 Å². The van der Waals surface area contributed by atoms with Gasteiger partial charge in [-0.2, -0.15) is 0 Å². The van der Waals surface area contributed by atoms with Gasteiger partial charge in [0.2, 0.25) is 11.8 Å². The van der Waals surface area contributed by atoms with Crippen LogP contribution in [0.5, 0.6) is 0 Å². The number of hydrogen-bond donors (Lipinski definition) is 4. The van der Waals surface area contributed by atoms with E-state index in [0.717, 1.165) is 11.3 Å². The minimum Gasteiger partial charge on any atom is -0.370 e. The molecule has 1 heterocycles. The third kappa shape index (κ3) is 3.54. The second-order valence-electron chi connectivity index (χ2n) is 3.29. The molecule has 92 valence electrons. The third-order valence-corrected chi connectivity index (χ3v) is 2.76. The summed E-state index contributed by atoms with van der Waals surface area (Å²) >= 11 is 1.14. The normalized spacial score (nSPS) is 11.8. The summed E-state index contributed by atoms with van der Waals surface area (Å²) in [6.45, 7) is 0. The highest BCUT2D eigenvalue weighted by molar-refractivity contribution is 7.14. The van der Waals surface area contributed by atoms with Crippen LogP contribution in [0.25, 0.3) is 0 Å². The molecule has 1 atom stereocenters. The number of primary amides is 2. The van der Waals surface area contributed by atoms with Gasteiger partial charge in [0, 0.05) is 0 Å². The number of thiophene rings is 1. The minimum atomic E-state index is -1.05. The molecule has 7 N–H and O–H groups in total. The predicted molar refractivity (Wildman–Crippen MR) is 63.3 cm³/mol. The fraction of sp³-hybridized carbons (Fsp3) is 0.222. The van der Waals surface area contributed by atoms with Gasteiger partial charge < -0.3 is 22.5 Å². The van der Waals surface area contributed by atoms with Crippen LogP contribution in [-0.2, 0) is 9.59 Å². The molecule has 0 bridgehead atoms. The summed E-state index contributed by atoms with van der Waals surface area (Å²) in [4.78, 5) is 33.1. The summed E-state index contributed by atoms with van der Waals surface area (Å²) in [7, 11) is 0. The van der Waals surface area contributed by atoms with Gasteiger partial charge in [-0.15, -0.1) is 11.3 Å². The SMILES string of the molecule is NC(=O)CC(N)C(=O)Nc1sccc1C(N)=O. The van der Waals surface area contributed by atoms with Gasteiger partial charge in [0.05, 0.1) is 18.0 Å². The van der Waals surface area contributed by atoms with Gasteiger partial charge in [-0.3, -0.25) is 14.4 Å². The van der Waals surface area contributed by atoms with Crippen molar-refractivity contribution in [2.24, 2.45) is 17.2 Å². The highest BCUT2D eigenvalue weighted by atomic mass is 32.1. The maximum Gasteiger partial charge on any atom is 0.251 e. The van der Waals surface area contributed by atoms with Crippen molar-refractivity contribution in [3.8, 4) is 0 Å². The Hall–Kier alpha value is -1.93. The largest absolute Gasteiger partial charge is 0.370 e. The third-order valence-electron chi connectivity index (χ3n) is 1.93. The van der Waals surface area contributed by atoms with E-state index in [9.17, 15) is 14.4 Å². The molecule has 8 heteroatoms. The molecule has 1 aromatic rings. The molecule has 0 aliphatic rings. The van der Waals surface area contributed by atoms with Crippen molar-refractivity contribution < 1.29 is 14.4 Å². The van der Waals surface area contributed by atoms with E-state index in [1.54, 1.807) is 5.38 Å². The molecule has 0 saturated carbocycles. The summed E-state index contributed by atoms with van der Waals surface area (Å²) in [6, 6.07) is 0.442. The molecule has 7 nitrogen and oxygen atoms in total. The Kier molecular flexibility index (Phi) is 4.18. The Balaban J connectivity index is 2.71. The van der Waals surface area contributed by atoms with Crippen LogP contribution >= 0.6 is 11.3 Å². The van der Waals surface area contributed by atoms with E-state index in [-0.39, 0.29) is 12.0 Å². The van der Waals surface area contributed by atoms with Crippen molar-refractivity contribution in [3.05, 3.63) is 17.0 Å². The molecule has 3 amide bonds. The quantitative estimate of drug-likeness (QED) is 0.535. The van der Waals surface area contributed by atoms with Crippen LogP contribution in [-0.4, -0.2) is 23.8 Å².